The Morgan fingerprint density at radius 3 is 2.75 bits per heavy atom. The van der Waals surface area contributed by atoms with Gasteiger partial charge in [-0.15, -0.1) is 0 Å². The van der Waals surface area contributed by atoms with Gasteiger partial charge in [-0.25, -0.2) is 9.44 Å². The van der Waals surface area contributed by atoms with E-state index in [0.29, 0.717) is 6.37 Å². The average molecular weight is 293 g/mol. The predicted molar refractivity (Wildman–Crippen MR) is 64.0 cm³/mol. The second-order valence-electron chi connectivity index (χ2n) is 2.19. The van der Waals surface area contributed by atoms with E-state index < -0.39 is 0 Å². The third kappa shape index (κ3) is 1.59. The van der Waals surface area contributed by atoms with Crippen LogP contribution in [0.2, 0.25) is 0 Å². The molecule has 1 aromatic rings. The standard InChI is InChI=1S/C7H9IN3P/c1-4-6-5(2)7(9-3)11(10-6)12-8/h4,12H,1,3H2,2H3. The molecule has 1 unspecified atom stereocenters. The highest BCUT2D eigenvalue weighted by molar-refractivity contribution is 14.2. The summed E-state index contributed by atoms with van der Waals surface area (Å²) in [5.74, 6) is 0.845. The monoisotopic (exact) mass is 293 g/mol. The zero-order valence-electron chi connectivity index (χ0n) is 6.71. The summed E-state index contributed by atoms with van der Waals surface area (Å²) in [4.78, 5) is 3.91. The van der Waals surface area contributed by atoms with E-state index in [0.717, 1.165) is 17.1 Å². The van der Waals surface area contributed by atoms with E-state index in [9.17, 15) is 0 Å². The summed E-state index contributed by atoms with van der Waals surface area (Å²) in [6, 6.07) is 0. The molecule has 1 heterocycles. The lowest BCUT2D eigenvalue weighted by molar-refractivity contribution is 1.000. The summed E-state index contributed by atoms with van der Waals surface area (Å²) in [7, 11) is 0. The lowest BCUT2D eigenvalue weighted by atomic mass is 10.2. The maximum absolute atomic E-state index is 4.29. The highest BCUT2D eigenvalue weighted by Gasteiger charge is 2.09. The van der Waals surface area contributed by atoms with Crippen molar-refractivity contribution in [3.8, 4) is 0 Å². The van der Waals surface area contributed by atoms with Gasteiger partial charge in [0.1, 0.15) is 0 Å². The first-order valence-corrected chi connectivity index (χ1v) is 7.36. The molecule has 1 rings (SSSR count). The van der Waals surface area contributed by atoms with E-state index in [1.807, 2.05) is 11.4 Å². The zero-order chi connectivity index (χ0) is 9.14. The Kier molecular flexibility index (Phi) is 3.40. The van der Waals surface area contributed by atoms with Crippen LogP contribution in [0.1, 0.15) is 11.3 Å². The minimum Gasteiger partial charge on any atom is -0.245 e. The van der Waals surface area contributed by atoms with Crippen LogP contribution in [0, 0.1) is 6.92 Å². The summed E-state index contributed by atoms with van der Waals surface area (Å²) in [6.07, 6.45) is 2.28. The predicted octanol–water partition coefficient (Wildman–Crippen LogP) is 2.96. The molecule has 0 aliphatic carbocycles. The fourth-order valence-corrected chi connectivity index (χ4v) is 2.41. The maximum Gasteiger partial charge on any atom is 0.157 e. The van der Waals surface area contributed by atoms with Gasteiger partial charge in [-0.2, -0.15) is 5.10 Å². The van der Waals surface area contributed by atoms with E-state index in [2.05, 4.69) is 45.4 Å². The lowest BCUT2D eigenvalue weighted by Gasteiger charge is -1.95. The van der Waals surface area contributed by atoms with Crippen LogP contribution in [0.4, 0.5) is 5.82 Å². The molecule has 0 N–H and O–H groups in total. The van der Waals surface area contributed by atoms with Crippen LogP contribution >= 0.6 is 28.4 Å². The third-order valence-corrected chi connectivity index (χ3v) is 3.39. The molecule has 3 nitrogen and oxygen atoms in total. The molecule has 1 aromatic heterocycles. The number of hydrogen-bond donors (Lipinski definition) is 0. The minimum absolute atomic E-state index is 0.550. The highest BCUT2D eigenvalue weighted by atomic mass is 127. The summed E-state index contributed by atoms with van der Waals surface area (Å²) in [6.45, 7) is 9.16. The van der Waals surface area contributed by atoms with Crippen molar-refractivity contribution in [1.29, 1.82) is 0 Å². The Labute approximate surface area is 86.3 Å². The first-order chi connectivity index (χ1) is 5.74. The van der Waals surface area contributed by atoms with E-state index >= 15 is 0 Å². The Bertz CT molecular complexity index is 319. The number of aliphatic imine (C=N–C) groups is 1. The first-order valence-electron chi connectivity index (χ1n) is 3.30. The normalized spacial score (nSPS) is 10.8. The molecule has 0 aromatic carbocycles. The van der Waals surface area contributed by atoms with Gasteiger partial charge in [0, 0.05) is 5.56 Å². The van der Waals surface area contributed by atoms with Crippen LogP contribution in [-0.4, -0.2) is 16.3 Å². The van der Waals surface area contributed by atoms with Crippen LogP contribution in [0.5, 0.6) is 0 Å². The van der Waals surface area contributed by atoms with Gasteiger partial charge in [0.15, 0.2) is 5.82 Å². The van der Waals surface area contributed by atoms with Crippen LogP contribution in [0.25, 0.3) is 6.08 Å². The van der Waals surface area contributed by atoms with Crippen molar-refractivity contribution >= 4 is 47.0 Å². The van der Waals surface area contributed by atoms with Crippen molar-refractivity contribution in [2.75, 3.05) is 0 Å². The Morgan fingerprint density at radius 1 is 1.75 bits per heavy atom. The number of halogens is 1. The fourth-order valence-electron chi connectivity index (χ4n) is 0.942. The summed E-state index contributed by atoms with van der Waals surface area (Å²) >= 11 is 2.25. The quantitative estimate of drug-likeness (QED) is 0.479. The van der Waals surface area contributed by atoms with Crippen LogP contribution in [0.3, 0.4) is 0 Å². The molecule has 0 bridgehead atoms. The van der Waals surface area contributed by atoms with Crippen LogP contribution in [0.15, 0.2) is 11.6 Å². The Hall–Kier alpha value is -0.220. The zero-order valence-corrected chi connectivity index (χ0v) is 9.87. The van der Waals surface area contributed by atoms with E-state index in [1.165, 1.54) is 0 Å². The molecule has 5 heteroatoms. The molecular weight excluding hydrogens is 284 g/mol. The van der Waals surface area contributed by atoms with Crippen molar-refractivity contribution in [3.63, 3.8) is 0 Å². The van der Waals surface area contributed by atoms with Gasteiger partial charge >= 0.3 is 0 Å². The van der Waals surface area contributed by atoms with E-state index in [4.69, 9.17) is 0 Å². The third-order valence-electron chi connectivity index (χ3n) is 1.55. The van der Waals surface area contributed by atoms with Gasteiger partial charge < -0.3 is 0 Å². The van der Waals surface area contributed by atoms with Crippen molar-refractivity contribution in [1.82, 2.24) is 9.55 Å². The topological polar surface area (TPSA) is 30.2 Å². The Balaban J connectivity index is 3.31. The lowest BCUT2D eigenvalue weighted by Crippen LogP contribution is -1.81. The SMILES string of the molecule is C=Cc1nn(PI)c(N=C)c1C. The molecular formula is C7H9IN3P. The van der Waals surface area contributed by atoms with E-state index in [-0.39, 0.29) is 0 Å². The smallest absolute Gasteiger partial charge is 0.157 e. The maximum atomic E-state index is 4.29. The second kappa shape index (κ2) is 4.14. The van der Waals surface area contributed by atoms with Gasteiger partial charge in [-0.3, -0.25) is 0 Å². The first kappa shape index (κ1) is 9.86. The van der Waals surface area contributed by atoms with Crippen LogP contribution in [-0.2, 0) is 0 Å². The van der Waals surface area contributed by atoms with Crippen molar-refractivity contribution in [2.24, 2.45) is 4.99 Å². The molecule has 0 amide bonds. The largest absolute Gasteiger partial charge is 0.245 e. The van der Waals surface area contributed by atoms with Gasteiger partial charge in [0.05, 0.1) is 12.1 Å². The highest BCUT2D eigenvalue weighted by Crippen LogP contribution is 2.33. The molecule has 0 aliphatic heterocycles. The molecule has 0 aliphatic rings. The summed E-state index contributed by atoms with van der Waals surface area (Å²) < 4.78 is 1.83. The van der Waals surface area contributed by atoms with Gasteiger partial charge in [-0.05, 0) is 41.8 Å². The number of rotatable bonds is 3. The van der Waals surface area contributed by atoms with Gasteiger partial charge in [0.25, 0.3) is 0 Å². The molecule has 0 saturated heterocycles. The second-order valence-corrected chi connectivity index (χ2v) is 4.23. The molecule has 0 spiro atoms. The van der Waals surface area contributed by atoms with Gasteiger partial charge in [0.2, 0.25) is 0 Å². The van der Waals surface area contributed by atoms with Crippen molar-refractivity contribution in [2.45, 2.75) is 6.92 Å². The minimum atomic E-state index is 0.550. The molecule has 1 atom stereocenters. The molecule has 0 saturated carbocycles. The summed E-state index contributed by atoms with van der Waals surface area (Å²) in [5, 5.41) is 4.29. The molecule has 0 fully saturated rings. The number of aromatic nitrogens is 2. The molecule has 12 heavy (non-hydrogen) atoms. The van der Waals surface area contributed by atoms with Crippen molar-refractivity contribution in [3.05, 3.63) is 17.8 Å². The van der Waals surface area contributed by atoms with Crippen LogP contribution < -0.4 is 0 Å². The average Bonchev–Trinajstić information content (AvgIpc) is 2.41. The van der Waals surface area contributed by atoms with E-state index in [1.54, 1.807) is 6.08 Å². The van der Waals surface area contributed by atoms with Crippen molar-refractivity contribution < 1.29 is 0 Å². The number of nitrogens with zero attached hydrogens (tertiary/aromatic N) is 3. The fraction of sp³-hybridized carbons (Fsp3) is 0.143. The summed E-state index contributed by atoms with van der Waals surface area (Å²) in [5.41, 5.74) is 1.94. The van der Waals surface area contributed by atoms with Gasteiger partial charge in [-0.1, -0.05) is 6.58 Å². The number of hydrogen-bond acceptors (Lipinski definition) is 2. The molecule has 64 valence electrons. The molecule has 0 radical (unpaired) electrons. The Morgan fingerprint density at radius 2 is 2.42 bits per heavy atom.